The van der Waals surface area contributed by atoms with Crippen LogP contribution in [0, 0.1) is 13.8 Å². The molecule has 180 valence electrons. The van der Waals surface area contributed by atoms with Crippen LogP contribution in [-0.2, 0) is 11.3 Å². The number of nitrogens with zero attached hydrogens (tertiary/aromatic N) is 3. The molecule has 0 aliphatic carbocycles. The summed E-state index contributed by atoms with van der Waals surface area (Å²) in [5.41, 5.74) is 3.68. The number of thiocarbonyl (C=S) groups is 1. The summed E-state index contributed by atoms with van der Waals surface area (Å²) >= 11 is 14.1. The van der Waals surface area contributed by atoms with Crippen molar-refractivity contribution < 1.29 is 4.79 Å². The van der Waals surface area contributed by atoms with Crippen LogP contribution in [0.15, 0.2) is 86.5 Å². The van der Waals surface area contributed by atoms with E-state index < -0.39 is 0 Å². The van der Waals surface area contributed by atoms with Crippen LogP contribution < -0.4 is 5.56 Å². The highest BCUT2D eigenvalue weighted by Gasteiger charge is 2.32. The van der Waals surface area contributed by atoms with Crippen molar-refractivity contribution in [2.24, 2.45) is 0 Å². The van der Waals surface area contributed by atoms with Crippen LogP contribution in [0.4, 0.5) is 0 Å². The molecule has 0 atom stereocenters. The number of halogens is 1. The third-order valence-corrected chi connectivity index (χ3v) is 8.33. The molecule has 1 fully saturated rings. The molecule has 1 aliphatic heterocycles. The predicted molar refractivity (Wildman–Crippen MR) is 152 cm³/mol. The third kappa shape index (κ3) is 4.99. The van der Waals surface area contributed by atoms with Gasteiger partial charge < -0.3 is 0 Å². The lowest BCUT2D eigenvalue weighted by molar-refractivity contribution is -0.122. The molecule has 0 radical (unpaired) electrons. The average molecular weight is 550 g/mol. The van der Waals surface area contributed by atoms with Crippen LogP contribution in [0.3, 0.4) is 0 Å². The van der Waals surface area contributed by atoms with Gasteiger partial charge in [0.1, 0.15) is 15.0 Å². The minimum atomic E-state index is -0.246. The first-order chi connectivity index (χ1) is 17.3. The molecule has 3 heterocycles. The van der Waals surface area contributed by atoms with Gasteiger partial charge in [-0.05, 0) is 61.4 Å². The molecule has 0 unspecified atom stereocenters. The fraction of sp³-hybridized carbons (Fsp3) is 0.111. The summed E-state index contributed by atoms with van der Waals surface area (Å²) in [5, 5.41) is 1.14. The van der Waals surface area contributed by atoms with Gasteiger partial charge in [-0.2, -0.15) is 0 Å². The summed E-state index contributed by atoms with van der Waals surface area (Å²) in [7, 11) is 0. The number of rotatable bonds is 5. The van der Waals surface area contributed by atoms with Crippen LogP contribution in [0.25, 0.3) is 11.7 Å². The van der Waals surface area contributed by atoms with Crippen molar-refractivity contribution in [2.45, 2.75) is 30.3 Å². The number of hydrogen-bond acceptors (Lipinski definition) is 6. The maximum Gasteiger partial charge on any atom is 0.266 e. The number of aryl methyl sites for hydroxylation is 2. The zero-order valence-corrected chi connectivity index (χ0v) is 22.6. The smallest absolute Gasteiger partial charge is 0.266 e. The predicted octanol–water partition coefficient (Wildman–Crippen LogP) is 6.52. The Kier molecular flexibility index (Phi) is 7.03. The van der Waals surface area contributed by atoms with Gasteiger partial charge in [0.15, 0.2) is 0 Å². The van der Waals surface area contributed by atoms with Crippen molar-refractivity contribution in [1.82, 2.24) is 14.3 Å². The summed E-state index contributed by atoms with van der Waals surface area (Å²) in [4.78, 5) is 34.6. The Morgan fingerprint density at radius 2 is 1.78 bits per heavy atom. The molecule has 2 aromatic heterocycles. The van der Waals surface area contributed by atoms with E-state index >= 15 is 0 Å². The SMILES string of the molecule is Cc1ccc(CN2C(=O)C(=Cc3c(Sc4ccc(Cl)cc4)nc4c(C)cccn4c3=O)SC2=S)cc1. The molecule has 0 bridgehead atoms. The molecule has 0 spiro atoms. The Morgan fingerprint density at radius 3 is 2.50 bits per heavy atom. The average Bonchev–Trinajstić information content (AvgIpc) is 3.12. The fourth-order valence-electron chi connectivity index (χ4n) is 3.75. The molecular weight excluding hydrogens is 530 g/mol. The van der Waals surface area contributed by atoms with Crippen molar-refractivity contribution in [2.75, 3.05) is 0 Å². The number of carbonyl (C=O) groups is 1. The van der Waals surface area contributed by atoms with E-state index in [1.54, 1.807) is 29.3 Å². The summed E-state index contributed by atoms with van der Waals surface area (Å²) in [5.74, 6) is -0.221. The van der Waals surface area contributed by atoms with Crippen molar-refractivity contribution in [3.8, 4) is 0 Å². The van der Waals surface area contributed by atoms with E-state index in [0.717, 1.165) is 21.6 Å². The minimum absolute atomic E-state index is 0.221. The van der Waals surface area contributed by atoms with Crippen LogP contribution >= 0.6 is 47.3 Å². The number of benzene rings is 2. The van der Waals surface area contributed by atoms with E-state index in [0.29, 0.717) is 37.0 Å². The van der Waals surface area contributed by atoms with Gasteiger partial charge in [-0.15, -0.1) is 0 Å². The first-order valence-electron chi connectivity index (χ1n) is 11.1. The van der Waals surface area contributed by atoms with Gasteiger partial charge in [0.25, 0.3) is 11.5 Å². The van der Waals surface area contributed by atoms with Crippen LogP contribution in [0.5, 0.6) is 0 Å². The monoisotopic (exact) mass is 549 g/mol. The second-order valence-electron chi connectivity index (χ2n) is 8.33. The number of aromatic nitrogens is 2. The van der Waals surface area contributed by atoms with Gasteiger partial charge in [0, 0.05) is 16.1 Å². The third-order valence-electron chi connectivity index (χ3n) is 5.69. The molecule has 5 rings (SSSR count). The highest BCUT2D eigenvalue weighted by Crippen LogP contribution is 2.36. The van der Waals surface area contributed by atoms with Gasteiger partial charge in [0.2, 0.25) is 0 Å². The number of hydrogen-bond donors (Lipinski definition) is 0. The van der Waals surface area contributed by atoms with Gasteiger partial charge in [0.05, 0.1) is 17.0 Å². The first kappa shape index (κ1) is 24.8. The van der Waals surface area contributed by atoms with Gasteiger partial charge in [-0.3, -0.25) is 18.9 Å². The second-order valence-corrected chi connectivity index (χ2v) is 11.5. The van der Waals surface area contributed by atoms with Gasteiger partial charge in [-0.1, -0.05) is 83.2 Å². The number of amides is 1. The molecule has 36 heavy (non-hydrogen) atoms. The van der Waals surface area contributed by atoms with Crippen molar-refractivity contribution in [1.29, 1.82) is 0 Å². The highest BCUT2D eigenvalue weighted by atomic mass is 35.5. The fourth-order valence-corrected chi connectivity index (χ4v) is 6.00. The minimum Gasteiger partial charge on any atom is -0.288 e. The maximum absolute atomic E-state index is 13.6. The first-order valence-corrected chi connectivity index (χ1v) is 13.5. The number of thioether (sulfide) groups is 1. The lowest BCUT2D eigenvalue weighted by Gasteiger charge is -2.14. The Hall–Kier alpha value is -2.91. The van der Waals surface area contributed by atoms with Crippen LogP contribution in [-0.4, -0.2) is 24.5 Å². The summed E-state index contributed by atoms with van der Waals surface area (Å²) < 4.78 is 1.98. The molecule has 4 aromatic rings. The number of carbonyl (C=O) groups excluding carboxylic acids is 1. The van der Waals surface area contributed by atoms with E-state index in [2.05, 4.69) is 0 Å². The highest BCUT2D eigenvalue weighted by molar-refractivity contribution is 8.26. The Bertz CT molecular complexity index is 1600. The maximum atomic E-state index is 13.6. The van der Waals surface area contributed by atoms with E-state index in [-0.39, 0.29) is 11.5 Å². The number of pyridine rings is 1. The quantitative estimate of drug-likeness (QED) is 0.160. The molecule has 5 nitrogen and oxygen atoms in total. The van der Waals surface area contributed by atoms with E-state index in [1.165, 1.54) is 27.9 Å². The van der Waals surface area contributed by atoms with Crippen molar-refractivity contribution in [3.63, 3.8) is 0 Å². The van der Waals surface area contributed by atoms with Crippen LogP contribution in [0.1, 0.15) is 22.3 Å². The summed E-state index contributed by atoms with van der Waals surface area (Å²) in [6.07, 6.45) is 3.31. The zero-order valence-electron chi connectivity index (χ0n) is 19.4. The molecule has 2 aromatic carbocycles. The largest absolute Gasteiger partial charge is 0.288 e. The normalized spacial score (nSPS) is 14.9. The van der Waals surface area contributed by atoms with E-state index in [4.69, 9.17) is 28.8 Å². The van der Waals surface area contributed by atoms with Gasteiger partial charge >= 0.3 is 0 Å². The molecule has 0 saturated carbocycles. The van der Waals surface area contributed by atoms with Crippen molar-refractivity contribution in [3.05, 3.63) is 109 Å². The lowest BCUT2D eigenvalue weighted by Crippen LogP contribution is -2.27. The number of fused-ring (bicyclic) bond motifs is 1. The Morgan fingerprint density at radius 1 is 1.06 bits per heavy atom. The van der Waals surface area contributed by atoms with Crippen molar-refractivity contribution >= 4 is 69.3 Å². The molecule has 9 heteroatoms. The Labute approximate surface area is 227 Å². The van der Waals surface area contributed by atoms with E-state index in [9.17, 15) is 9.59 Å². The molecule has 0 N–H and O–H groups in total. The lowest BCUT2D eigenvalue weighted by atomic mass is 10.1. The van der Waals surface area contributed by atoms with Gasteiger partial charge in [-0.25, -0.2) is 4.98 Å². The molecule has 1 amide bonds. The summed E-state index contributed by atoms with van der Waals surface area (Å²) in [6.45, 7) is 4.31. The van der Waals surface area contributed by atoms with Crippen LogP contribution in [0.2, 0.25) is 5.02 Å². The second kappa shape index (κ2) is 10.2. The van der Waals surface area contributed by atoms with E-state index in [1.807, 2.05) is 62.4 Å². The zero-order chi connectivity index (χ0) is 25.4. The standard InChI is InChI=1S/C27H20ClN3O2S3/c1-16-5-7-18(8-6-16)15-31-26(33)22(36-27(31)34)14-21-24(35-20-11-9-19(28)10-12-20)29-23-17(2)4-3-13-30(23)25(21)32/h3-14H,15H2,1-2H3. The topological polar surface area (TPSA) is 54.7 Å². The summed E-state index contributed by atoms with van der Waals surface area (Å²) in [6, 6.07) is 19.0. The molecule has 1 aliphatic rings. The molecule has 1 saturated heterocycles. The molecular formula is C27H20ClN3O2S3. The Balaban J connectivity index is 1.57.